The summed E-state index contributed by atoms with van der Waals surface area (Å²) in [5, 5.41) is 11.8. The van der Waals surface area contributed by atoms with E-state index >= 15 is 0 Å². The number of aryl methyl sites for hydroxylation is 1. The van der Waals surface area contributed by atoms with Crippen LogP contribution >= 0.6 is 0 Å². The molecule has 0 aromatic heterocycles. The second-order valence-corrected chi connectivity index (χ2v) is 4.34. The van der Waals surface area contributed by atoms with Crippen molar-refractivity contribution in [2.75, 3.05) is 13.7 Å². The Kier molecular flexibility index (Phi) is 5.65. The first-order valence-electron chi connectivity index (χ1n) is 6.14. The summed E-state index contributed by atoms with van der Waals surface area (Å²) in [4.78, 5) is 11.8. The second-order valence-electron chi connectivity index (χ2n) is 4.34. The molecule has 0 spiro atoms. The summed E-state index contributed by atoms with van der Waals surface area (Å²) in [6.07, 6.45) is 1.02. The lowest BCUT2D eigenvalue weighted by atomic mass is 10.1. The lowest BCUT2D eigenvalue weighted by Crippen LogP contribution is -2.37. The zero-order valence-electron chi connectivity index (χ0n) is 11.2. The molecule has 0 aliphatic carbocycles. The average molecular weight is 251 g/mol. The van der Waals surface area contributed by atoms with E-state index in [0.717, 1.165) is 23.3 Å². The highest BCUT2D eigenvalue weighted by atomic mass is 16.5. The van der Waals surface area contributed by atoms with Gasteiger partial charge in [0.05, 0.1) is 26.2 Å². The van der Waals surface area contributed by atoms with Gasteiger partial charge in [-0.15, -0.1) is 0 Å². The molecule has 18 heavy (non-hydrogen) atoms. The molecule has 0 saturated heterocycles. The molecule has 1 rings (SSSR count). The number of rotatable bonds is 6. The summed E-state index contributed by atoms with van der Waals surface area (Å²) in [5.41, 5.74) is 1.95. The molecular formula is C14H21NO3. The van der Waals surface area contributed by atoms with Crippen LogP contribution < -0.4 is 10.1 Å². The van der Waals surface area contributed by atoms with Crippen molar-refractivity contribution >= 4 is 5.91 Å². The Morgan fingerprint density at radius 1 is 1.50 bits per heavy atom. The van der Waals surface area contributed by atoms with Crippen molar-refractivity contribution in [2.45, 2.75) is 32.7 Å². The summed E-state index contributed by atoms with van der Waals surface area (Å²) in [7, 11) is 1.62. The van der Waals surface area contributed by atoms with Crippen LogP contribution in [0.3, 0.4) is 0 Å². The number of methoxy groups -OCH3 is 1. The van der Waals surface area contributed by atoms with Gasteiger partial charge in [0, 0.05) is 0 Å². The van der Waals surface area contributed by atoms with E-state index in [1.54, 1.807) is 7.11 Å². The highest BCUT2D eigenvalue weighted by Crippen LogP contribution is 2.19. The Balaban J connectivity index is 2.64. The van der Waals surface area contributed by atoms with E-state index < -0.39 is 0 Å². The van der Waals surface area contributed by atoms with Crippen molar-refractivity contribution in [1.82, 2.24) is 5.32 Å². The number of aliphatic hydroxyl groups is 1. The highest BCUT2D eigenvalue weighted by molar-refractivity contribution is 5.79. The van der Waals surface area contributed by atoms with E-state index in [-0.39, 0.29) is 18.6 Å². The smallest absolute Gasteiger partial charge is 0.224 e. The Morgan fingerprint density at radius 3 is 2.78 bits per heavy atom. The molecule has 0 bridgehead atoms. The minimum Gasteiger partial charge on any atom is -0.496 e. The van der Waals surface area contributed by atoms with Crippen LogP contribution in [0.5, 0.6) is 5.75 Å². The third kappa shape index (κ3) is 4.04. The highest BCUT2D eigenvalue weighted by Gasteiger charge is 2.10. The summed E-state index contributed by atoms with van der Waals surface area (Å²) >= 11 is 0. The molecule has 0 radical (unpaired) electrons. The van der Waals surface area contributed by atoms with E-state index in [1.807, 2.05) is 32.0 Å². The van der Waals surface area contributed by atoms with Gasteiger partial charge < -0.3 is 15.2 Å². The molecule has 1 amide bonds. The first-order chi connectivity index (χ1) is 8.60. The lowest BCUT2D eigenvalue weighted by Gasteiger charge is -2.14. The molecule has 0 saturated carbocycles. The van der Waals surface area contributed by atoms with Gasteiger partial charge in [-0.05, 0) is 30.5 Å². The Hall–Kier alpha value is -1.55. The zero-order valence-corrected chi connectivity index (χ0v) is 11.2. The Bertz CT molecular complexity index is 400. The first-order valence-corrected chi connectivity index (χ1v) is 6.14. The number of carbonyl (C=O) groups excluding carboxylic acids is 1. The van der Waals surface area contributed by atoms with Gasteiger partial charge in [-0.25, -0.2) is 0 Å². The molecule has 0 aliphatic heterocycles. The molecule has 4 heteroatoms. The summed E-state index contributed by atoms with van der Waals surface area (Å²) in [6.45, 7) is 3.86. The van der Waals surface area contributed by atoms with E-state index in [4.69, 9.17) is 9.84 Å². The number of ether oxygens (including phenoxy) is 1. The normalized spacial score (nSPS) is 12.0. The number of amides is 1. The predicted molar refractivity (Wildman–Crippen MR) is 70.7 cm³/mol. The zero-order chi connectivity index (χ0) is 13.5. The minimum atomic E-state index is -0.162. The fourth-order valence-electron chi connectivity index (χ4n) is 1.72. The third-order valence-electron chi connectivity index (χ3n) is 2.92. The van der Waals surface area contributed by atoms with Crippen LogP contribution in [0.2, 0.25) is 0 Å². The molecule has 1 atom stereocenters. The van der Waals surface area contributed by atoms with E-state index in [9.17, 15) is 4.79 Å². The molecule has 0 aliphatic rings. The number of hydrogen-bond acceptors (Lipinski definition) is 3. The van der Waals surface area contributed by atoms with Gasteiger partial charge in [0.1, 0.15) is 5.75 Å². The standard InChI is InChI=1S/C14H21NO3/c1-4-12(9-16)15-14(17)8-11-6-5-10(2)13(7-11)18-3/h5-7,12,16H,4,8-9H2,1-3H3,(H,15,17)/t12-/m1/s1. The van der Waals surface area contributed by atoms with Gasteiger partial charge in [-0.2, -0.15) is 0 Å². The lowest BCUT2D eigenvalue weighted by molar-refractivity contribution is -0.121. The average Bonchev–Trinajstić information content (AvgIpc) is 2.38. The number of carbonyl (C=O) groups is 1. The van der Waals surface area contributed by atoms with Crippen LogP contribution in [0.1, 0.15) is 24.5 Å². The number of aliphatic hydroxyl groups excluding tert-OH is 1. The van der Waals surface area contributed by atoms with Gasteiger partial charge in [0.15, 0.2) is 0 Å². The molecule has 4 nitrogen and oxygen atoms in total. The van der Waals surface area contributed by atoms with E-state index in [0.29, 0.717) is 6.42 Å². The molecule has 100 valence electrons. The SMILES string of the molecule is CC[C@H](CO)NC(=O)Cc1ccc(C)c(OC)c1. The molecule has 0 fully saturated rings. The van der Waals surface area contributed by atoms with Gasteiger partial charge in [-0.1, -0.05) is 19.1 Å². The predicted octanol–water partition coefficient (Wildman–Crippen LogP) is 1.43. The summed E-state index contributed by atoms with van der Waals surface area (Å²) in [6, 6.07) is 5.56. The van der Waals surface area contributed by atoms with E-state index in [2.05, 4.69) is 5.32 Å². The number of hydrogen-bond donors (Lipinski definition) is 2. The van der Waals surface area contributed by atoms with Crippen molar-refractivity contribution in [3.63, 3.8) is 0 Å². The van der Waals surface area contributed by atoms with Crippen molar-refractivity contribution in [3.8, 4) is 5.75 Å². The van der Waals surface area contributed by atoms with Crippen molar-refractivity contribution in [1.29, 1.82) is 0 Å². The maximum Gasteiger partial charge on any atom is 0.224 e. The minimum absolute atomic E-state index is 0.0283. The van der Waals surface area contributed by atoms with Crippen molar-refractivity contribution in [2.24, 2.45) is 0 Å². The first kappa shape index (κ1) is 14.5. The van der Waals surface area contributed by atoms with Gasteiger partial charge in [0.25, 0.3) is 0 Å². The van der Waals surface area contributed by atoms with Crippen molar-refractivity contribution < 1.29 is 14.6 Å². The van der Waals surface area contributed by atoms with Gasteiger partial charge >= 0.3 is 0 Å². The van der Waals surface area contributed by atoms with Crippen molar-refractivity contribution in [3.05, 3.63) is 29.3 Å². The molecule has 0 unspecified atom stereocenters. The van der Waals surface area contributed by atoms with Crippen LogP contribution in [-0.2, 0) is 11.2 Å². The maximum atomic E-state index is 11.8. The second kappa shape index (κ2) is 7.01. The van der Waals surface area contributed by atoms with Crippen LogP contribution in [0, 0.1) is 6.92 Å². The van der Waals surface area contributed by atoms with Gasteiger partial charge in [0.2, 0.25) is 5.91 Å². The quantitative estimate of drug-likeness (QED) is 0.804. The molecule has 1 aromatic rings. The largest absolute Gasteiger partial charge is 0.496 e. The van der Waals surface area contributed by atoms with E-state index in [1.165, 1.54) is 0 Å². The van der Waals surface area contributed by atoms with Crippen LogP contribution in [0.15, 0.2) is 18.2 Å². The number of benzene rings is 1. The van der Waals surface area contributed by atoms with Gasteiger partial charge in [-0.3, -0.25) is 4.79 Å². The number of nitrogens with one attached hydrogen (secondary N) is 1. The summed E-state index contributed by atoms with van der Waals surface area (Å²) < 4.78 is 5.22. The van der Waals surface area contributed by atoms with Crippen LogP contribution in [0.25, 0.3) is 0 Å². The fraction of sp³-hybridized carbons (Fsp3) is 0.500. The van der Waals surface area contributed by atoms with Crippen LogP contribution in [-0.4, -0.2) is 30.8 Å². The maximum absolute atomic E-state index is 11.8. The molecular weight excluding hydrogens is 230 g/mol. The fourth-order valence-corrected chi connectivity index (χ4v) is 1.72. The Labute approximate surface area is 108 Å². The monoisotopic (exact) mass is 251 g/mol. The molecule has 1 aromatic carbocycles. The molecule has 0 heterocycles. The topological polar surface area (TPSA) is 58.6 Å². The molecule has 2 N–H and O–H groups in total. The third-order valence-corrected chi connectivity index (χ3v) is 2.92. The Morgan fingerprint density at radius 2 is 2.22 bits per heavy atom. The summed E-state index contributed by atoms with van der Waals surface area (Å²) in [5.74, 6) is 0.705. The van der Waals surface area contributed by atoms with Crippen LogP contribution in [0.4, 0.5) is 0 Å².